The zero-order chi connectivity index (χ0) is 13.3. The fraction of sp³-hybridized carbons (Fsp3) is 0.571. The van der Waals surface area contributed by atoms with E-state index in [0.717, 1.165) is 22.5 Å². The quantitative estimate of drug-likeness (QED) is 0.881. The van der Waals surface area contributed by atoms with E-state index in [0.29, 0.717) is 0 Å². The van der Waals surface area contributed by atoms with Crippen molar-refractivity contribution < 1.29 is 0 Å². The molecule has 0 atom stereocenters. The normalized spacial score (nSPS) is 18.8. The summed E-state index contributed by atoms with van der Waals surface area (Å²) in [5.41, 5.74) is 1.10. The maximum atomic E-state index is 12.4. The topological polar surface area (TPSA) is 34.9 Å². The van der Waals surface area contributed by atoms with Crippen LogP contribution in [0.2, 0.25) is 0 Å². The standard InChI is InChI=1S/C14H18N2OS2/c17-13-12-11(4-7-19-12)15-10-16(13)8-14(9-18)5-2-1-3-6-14/h4,7,10,18H,1-3,5-6,8-9H2. The maximum Gasteiger partial charge on any atom is 0.271 e. The van der Waals surface area contributed by atoms with Crippen LogP contribution in [0.5, 0.6) is 0 Å². The summed E-state index contributed by atoms with van der Waals surface area (Å²) in [6.07, 6.45) is 7.87. The van der Waals surface area contributed by atoms with Gasteiger partial charge in [0, 0.05) is 6.54 Å². The van der Waals surface area contributed by atoms with Gasteiger partial charge in [0.1, 0.15) is 4.70 Å². The lowest BCUT2D eigenvalue weighted by Crippen LogP contribution is -2.35. The van der Waals surface area contributed by atoms with Crippen LogP contribution >= 0.6 is 24.0 Å². The zero-order valence-corrected chi connectivity index (χ0v) is 12.6. The molecule has 3 nitrogen and oxygen atoms in total. The number of hydrogen-bond donors (Lipinski definition) is 1. The van der Waals surface area contributed by atoms with Gasteiger partial charge in [-0.05, 0) is 35.5 Å². The van der Waals surface area contributed by atoms with Crippen LogP contribution in [0.3, 0.4) is 0 Å². The van der Waals surface area contributed by atoms with Gasteiger partial charge < -0.3 is 0 Å². The van der Waals surface area contributed by atoms with Crippen LogP contribution in [0.25, 0.3) is 10.2 Å². The van der Waals surface area contributed by atoms with Crippen LogP contribution in [-0.2, 0) is 6.54 Å². The molecule has 102 valence electrons. The number of rotatable bonds is 3. The van der Waals surface area contributed by atoms with Crippen LogP contribution < -0.4 is 5.56 Å². The zero-order valence-electron chi connectivity index (χ0n) is 10.8. The molecule has 0 aliphatic heterocycles. The molecule has 1 saturated carbocycles. The number of aromatic nitrogens is 2. The van der Waals surface area contributed by atoms with Gasteiger partial charge in [-0.15, -0.1) is 11.3 Å². The highest BCUT2D eigenvalue weighted by Gasteiger charge is 2.31. The van der Waals surface area contributed by atoms with Gasteiger partial charge in [-0.3, -0.25) is 9.36 Å². The van der Waals surface area contributed by atoms with Gasteiger partial charge in [-0.25, -0.2) is 4.98 Å². The van der Waals surface area contributed by atoms with E-state index in [1.165, 1.54) is 43.4 Å². The lowest BCUT2D eigenvalue weighted by molar-refractivity contribution is 0.187. The minimum Gasteiger partial charge on any atom is -0.297 e. The highest BCUT2D eigenvalue weighted by molar-refractivity contribution is 7.80. The average Bonchev–Trinajstić information content (AvgIpc) is 2.92. The second-order valence-corrected chi connectivity index (χ2v) is 6.76. The number of nitrogens with zero attached hydrogens (tertiary/aromatic N) is 2. The summed E-state index contributed by atoms with van der Waals surface area (Å²) < 4.78 is 2.56. The summed E-state index contributed by atoms with van der Waals surface area (Å²) in [5.74, 6) is 0.849. The first-order valence-electron chi connectivity index (χ1n) is 6.78. The van der Waals surface area contributed by atoms with Crippen molar-refractivity contribution in [1.82, 2.24) is 9.55 Å². The molecule has 0 aromatic carbocycles. The molecular formula is C14H18N2OS2. The van der Waals surface area contributed by atoms with Crippen molar-refractivity contribution in [1.29, 1.82) is 0 Å². The van der Waals surface area contributed by atoms with Crippen molar-refractivity contribution in [2.24, 2.45) is 5.41 Å². The molecule has 3 rings (SSSR count). The molecule has 0 unspecified atom stereocenters. The Labute approximate surface area is 122 Å². The molecule has 0 saturated heterocycles. The first-order valence-corrected chi connectivity index (χ1v) is 8.29. The fourth-order valence-corrected chi connectivity index (χ4v) is 4.23. The maximum absolute atomic E-state index is 12.4. The summed E-state index contributed by atoms with van der Waals surface area (Å²) in [7, 11) is 0. The van der Waals surface area contributed by atoms with E-state index in [4.69, 9.17) is 0 Å². The van der Waals surface area contributed by atoms with Gasteiger partial charge in [-0.1, -0.05) is 19.3 Å². The van der Waals surface area contributed by atoms with E-state index in [9.17, 15) is 4.79 Å². The Morgan fingerprint density at radius 2 is 2.16 bits per heavy atom. The van der Waals surface area contributed by atoms with E-state index in [1.54, 1.807) is 10.9 Å². The fourth-order valence-electron chi connectivity index (χ4n) is 3.02. The Morgan fingerprint density at radius 3 is 2.89 bits per heavy atom. The number of thiol groups is 1. The number of fused-ring (bicyclic) bond motifs is 1. The molecule has 19 heavy (non-hydrogen) atoms. The van der Waals surface area contributed by atoms with Crippen molar-refractivity contribution in [3.05, 3.63) is 28.1 Å². The van der Waals surface area contributed by atoms with Gasteiger partial charge in [0.25, 0.3) is 5.56 Å². The molecule has 1 aliphatic rings. The van der Waals surface area contributed by atoms with Gasteiger partial charge >= 0.3 is 0 Å². The third-order valence-electron chi connectivity index (χ3n) is 4.19. The van der Waals surface area contributed by atoms with Crippen LogP contribution in [0.4, 0.5) is 0 Å². The number of hydrogen-bond acceptors (Lipinski definition) is 4. The highest BCUT2D eigenvalue weighted by Crippen LogP contribution is 2.38. The summed E-state index contributed by atoms with van der Waals surface area (Å²) >= 11 is 6.02. The molecular weight excluding hydrogens is 276 g/mol. The minimum atomic E-state index is 0.103. The summed E-state index contributed by atoms with van der Waals surface area (Å²) in [6.45, 7) is 0.760. The summed E-state index contributed by atoms with van der Waals surface area (Å²) in [4.78, 5) is 16.8. The van der Waals surface area contributed by atoms with Crippen LogP contribution in [0.15, 0.2) is 22.6 Å². The number of thiophene rings is 1. The first kappa shape index (κ1) is 13.2. The van der Waals surface area contributed by atoms with Crippen molar-refractivity contribution in [2.45, 2.75) is 38.6 Å². The Bertz CT molecular complexity index is 626. The second kappa shape index (κ2) is 5.29. The predicted octanol–water partition coefficient (Wildman–Crippen LogP) is 3.34. The van der Waals surface area contributed by atoms with Gasteiger partial charge in [-0.2, -0.15) is 12.6 Å². The van der Waals surface area contributed by atoms with Crippen molar-refractivity contribution >= 4 is 34.2 Å². The van der Waals surface area contributed by atoms with Crippen molar-refractivity contribution in [3.63, 3.8) is 0 Å². The molecule has 0 amide bonds. The monoisotopic (exact) mass is 294 g/mol. The Kier molecular flexibility index (Phi) is 3.67. The lowest BCUT2D eigenvalue weighted by Gasteiger charge is -2.36. The molecule has 0 N–H and O–H groups in total. The van der Waals surface area contributed by atoms with Gasteiger partial charge in [0.15, 0.2) is 0 Å². The molecule has 2 aromatic heterocycles. The van der Waals surface area contributed by atoms with E-state index in [2.05, 4.69) is 17.6 Å². The SMILES string of the molecule is O=c1c2sccc2ncn1CC1(CS)CCCCC1. The van der Waals surface area contributed by atoms with Gasteiger partial charge in [0.05, 0.1) is 11.8 Å². The highest BCUT2D eigenvalue weighted by atomic mass is 32.1. The second-order valence-electron chi connectivity index (χ2n) is 5.53. The Balaban J connectivity index is 1.95. The molecule has 0 spiro atoms. The van der Waals surface area contributed by atoms with Crippen molar-refractivity contribution in [3.8, 4) is 0 Å². The Hall–Kier alpha value is -0.810. The van der Waals surface area contributed by atoms with Crippen LogP contribution in [0.1, 0.15) is 32.1 Å². The van der Waals surface area contributed by atoms with Crippen molar-refractivity contribution in [2.75, 3.05) is 5.75 Å². The minimum absolute atomic E-state index is 0.103. The van der Waals surface area contributed by atoms with E-state index in [-0.39, 0.29) is 11.0 Å². The largest absolute Gasteiger partial charge is 0.297 e. The third-order valence-corrected chi connectivity index (χ3v) is 5.75. The molecule has 1 aliphatic carbocycles. The lowest BCUT2D eigenvalue weighted by atomic mass is 9.75. The van der Waals surface area contributed by atoms with Gasteiger partial charge in [0.2, 0.25) is 0 Å². The van der Waals surface area contributed by atoms with E-state index in [1.807, 2.05) is 11.4 Å². The molecule has 0 bridgehead atoms. The van der Waals surface area contributed by atoms with E-state index < -0.39 is 0 Å². The molecule has 1 fully saturated rings. The summed E-state index contributed by atoms with van der Waals surface area (Å²) in [6, 6.07) is 1.90. The molecule has 2 heterocycles. The summed E-state index contributed by atoms with van der Waals surface area (Å²) in [5, 5.41) is 1.93. The molecule has 0 radical (unpaired) electrons. The van der Waals surface area contributed by atoms with E-state index >= 15 is 0 Å². The van der Waals surface area contributed by atoms with Crippen LogP contribution in [-0.4, -0.2) is 15.3 Å². The Morgan fingerprint density at radius 1 is 1.37 bits per heavy atom. The predicted molar refractivity (Wildman–Crippen MR) is 83.3 cm³/mol. The first-order chi connectivity index (χ1) is 9.24. The smallest absolute Gasteiger partial charge is 0.271 e. The molecule has 2 aromatic rings. The molecule has 5 heteroatoms. The third kappa shape index (κ3) is 2.46. The average molecular weight is 294 g/mol. The van der Waals surface area contributed by atoms with Crippen LogP contribution in [0, 0.1) is 5.41 Å².